The van der Waals surface area contributed by atoms with Crippen molar-refractivity contribution in [3.63, 3.8) is 0 Å². The van der Waals surface area contributed by atoms with Gasteiger partial charge in [-0.2, -0.15) is 0 Å². The van der Waals surface area contributed by atoms with Crippen LogP contribution in [0.4, 0.5) is 0 Å². The number of ether oxygens (including phenoxy) is 2. The molecular weight excluding hydrogens is 276 g/mol. The van der Waals surface area contributed by atoms with Gasteiger partial charge in [-0.3, -0.25) is 0 Å². The first kappa shape index (κ1) is 16.7. The van der Waals surface area contributed by atoms with Crippen LogP contribution in [0.5, 0.6) is 5.75 Å². The molecule has 2 nitrogen and oxygen atoms in total. The van der Waals surface area contributed by atoms with Gasteiger partial charge in [0.2, 0.25) is 0 Å². The second-order valence-corrected chi connectivity index (χ2v) is 7.60. The maximum absolute atomic E-state index is 5.70. The molecule has 1 fully saturated rings. The lowest BCUT2D eigenvalue weighted by molar-refractivity contribution is 0.0786. The molecule has 0 spiro atoms. The normalized spacial score (nSPS) is 24.5. The van der Waals surface area contributed by atoms with Gasteiger partial charge >= 0.3 is 0 Å². The third kappa shape index (κ3) is 3.61. The van der Waals surface area contributed by atoms with Crippen molar-refractivity contribution in [3.8, 4) is 5.75 Å². The Kier molecular flexibility index (Phi) is 6.57. The second kappa shape index (κ2) is 7.46. The lowest BCUT2D eigenvalue weighted by Gasteiger charge is -2.27. The fraction of sp³-hybridized carbons (Fsp3) is 0.600. The molecule has 1 aromatic rings. The highest BCUT2D eigenvalue weighted by Crippen LogP contribution is 2.60. The van der Waals surface area contributed by atoms with E-state index in [4.69, 9.17) is 9.47 Å². The maximum Gasteiger partial charge on any atom is 0.123 e. The zero-order valence-electron chi connectivity index (χ0n) is 12.6. The Morgan fingerprint density at radius 3 is 2.32 bits per heavy atom. The molecule has 1 aliphatic heterocycles. The molecule has 0 bridgehead atoms. The van der Waals surface area contributed by atoms with Crippen LogP contribution in [-0.2, 0) is 4.74 Å². The lowest BCUT2D eigenvalue weighted by atomic mass is 9.97. The minimum atomic E-state index is 0.130. The van der Waals surface area contributed by atoms with Crippen LogP contribution in [0.1, 0.15) is 38.5 Å². The van der Waals surface area contributed by atoms with Crippen molar-refractivity contribution >= 4 is 21.6 Å². The number of para-hydroxylation sites is 1. The summed E-state index contributed by atoms with van der Waals surface area (Å²) in [5, 5.41) is 0.330. The summed E-state index contributed by atoms with van der Waals surface area (Å²) in [5.74, 6) is 0.949. The summed E-state index contributed by atoms with van der Waals surface area (Å²) in [7, 11) is 7.28. The highest BCUT2D eigenvalue weighted by Gasteiger charge is 2.45. The topological polar surface area (TPSA) is 18.5 Å². The molecule has 1 aromatic carbocycles. The van der Waals surface area contributed by atoms with E-state index in [0.29, 0.717) is 5.25 Å². The number of rotatable bonds is 3. The van der Waals surface area contributed by atoms with Crippen LogP contribution in [0.15, 0.2) is 24.3 Å². The standard InChI is InChI=1S/C13H18O2S2.C2H6/c1-13(2)12(15-4)11(16-17-13)9-7-5-6-8-10(9)14-3;1-2/h5-8,11-12H,1-4H3;1-2H3. The van der Waals surface area contributed by atoms with Gasteiger partial charge in [0.25, 0.3) is 0 Å². The minimum absolute atomic E-state index is 0.130. The van der Waals surface area contributed by atoms with Crippen molar-refractivity contribution in [2.24, 2.45) is 0 Å². The van der Waals surface area contributed by atoms with E-state index >= 15 is 0 Å². The average molecular weight is 300 g/mol. The van der Waals surface area contributed by atoms with E-state index in [1.54, 1.807) is 14.2 Å². The highest BCUT2D eigenvalue weighted by molar-refractivity contribution is 8.77. The van der Waals surface area contributed by atoms with Crippen LogP contribution in [0.2, 0.25) is 0 Å². The van der Waals surface area contributed by atoms with Crippen molar-refractivity contribution in [1.29, 1.82) is 0 Å². The molecule has 19 heavy (non-hydrogen) atoms. The summed E-state index contributed by atoms with van der Waals surface area (Å²) in [5.41, 5.74) is 1.23. The Balaban J connectivity index is 0.000000861. The first-order valence-corrected chi connectivity index (χ1v) is 8.81. The molecule has 0 N–H and O–H groups in total. The van der Waals surface area contributed by atoms with E-state index in [1.165, 1.54) is 5.56 Å². The predicted octanol–water partition coefficient (Wildman–Crippen LogP) is 4.95. The summed E-state index contributed by atoms with van der Waals surface area (Å²) in [6, 6.07) is 8.20. The zero-order chi connectivity index (χ0) is 14.5. The lowest BCUT2D eigenvalue weighted by Crippen LogP contribution is -2.33. The van der Waals surface area contributed by atoms with Gasteiger partial charge in [-0.1, -0.05) is 53.6 Å². The van der Waals surface area contributed by atoms with Gasteiger partial charge in [0.15, 0.2) is 0 Å². The molecule has 1 saturated heterocycles. The van der Waals surface area contributed by atoms with E-state index in [2.05, 4.69) is 26.0 Å². The monoisotopic (exact) mass is 300 g/mol. The Hall–Kier alpha value is -0.320. The summed E-state index contributed by atoms with van der Waals surface area (Å²) < 4.78 is 11.3. The molecule has 1 aliphatic rings. The molecule has 0 radical (unpaired) electrons. The summed E-state index contributed by atoms with van der Waals surface area (Å²) in [4.78, 5) is 0. The fourth-order valence-electron chi connectivity index (χ4n) is 2.16. The van der Waals surface area contributed by atoms with E-state index in [0.717, 1.165) is 5.75 Å². The average Bonchev–Trinajstić information content (AvgIpc) is 2.75. The molecule has 2 rings (SSSR count). The Morgan fingerprint density at radius 1 is 1.11 bits per heavy atom. The first-order chi connectivity index (χ1) is 9.10. The van der Waals surface area contributed by atoms with Crippen molar-refractivity contribution < 1.29 is 9.47 Å². The van der Waals surface area contributed by atoms with Crippen LogP contribution in [0.3, 0.4) is 0 Å². The van der Waals surface area contributed by atoms with Crippen molar-refractivity contribution in [2.75, 3.05) is 14.2 Å². The summed E-state index contributed by atoms with van der Waals surface area (Å²) in [6.45, 7) is 8.46. The van der Waals surface area contributed by atoms with Crippen LogP contribution in [0, 0.1) is 0 Å². The SMILES string of the molecule is CC.COc1ccccc1C1SSC(C)(C)C1OC. The van der Waals surface area contributed by atoms with Crippen molar-refractivity contribution in [1.82, 2.24) is 0 Å². The van der Waals surface area contributed by atoms with Gasteiger partial charge in [0.1, 0.15) is 5.75 Å². The first-order valence-electron chi connectivity index (χ1n) is 6.60. The number of hydrogen-bond acceptors (Lipinski definition) is 4. The van der Waals surface area contributed by atoms with Gasteiger partial charge in [-0.15, -0.1) is 0 Å². The Morgan fingerprint density at radius 2 is 1.74 bits per heavy atom. The Labute approximate surface area is 125 Å². The molecular formula is C15H24O2S2. The number of methoxy groups -OCH3 is 2. The fourth-order valence-corrected chi connectivity index (χ4v) is 5.73. The van der Waals surface area contributed by atoms with Crippen molar-refractivity contribution in [2.45, 2.75) is 43.8 Å². The second-order valence-electron chi connectivity index (χ2n) is 4.60. The van der Waals surface area contributed by atoms with Gasteiger partial charge in [0.05, 0.1) is 18.5 Å². The molecule has 1 heterocycles. The quantitative estimate of drug-likeness (QED) is 0.735. The summed E-state index contributed by atoms with van der Waals surface area (Å²) in [6.07, 6.45) is 0.203. The number of hydrogen-bond donors (Lipinski definition) is 0. The third-order valence-corrected chi connectivity index (χ3v) is 6.69. The Bertz CT molecular complexity index is 393. The number of benzene rings is 1. The van der Waals surface area contributed by atoms with Crippen LogP contribution < -0.4 is 4.74 Å². The zero-order valence-corrected chi connectivity index (χ0v) is 14.2. The van der Waals surface area contributed by atoms with Gasteiger partial charge in [-0.05, 0) is 19.9 Å². The van der Waals surface area contributed by atoms with Gasteiger partial charge < -0.3 is 9.47 Å². The molecule has 0 aromatic heterocycles. The van der Waals surface area contributed by atoms with E-state index in [1.807, 2.05) is 47.6 Å². The molecule has 0 saturated carbocycles. The minimum Gasteiger partial charge on any atom is -0.496 e. The molecule has 2 atom stereocenters. The molecule has 0 aliphatic carbocycles. The van der Waals surface area contributed by atoms with Crippen LogP contribution >= 0.6 is 21.6 Å². The highest BCUT2D eigenvalue weighted by atomic mass is 33.1. The predicted molar refractivity (Wildman–Crippen MR) is 87.1 cm³/mol. The molecule has 0 amide bonds. The third-order valence-electron chi connectivity index (χ3n) is 3.03. The van der Waals surface area contributed by atoms with Gasteiger partial charge in [0, 0.05) is 17.4 Å². The van der Waals surface area contributed by atoms with E-state index in [9.17, 15) is 0 Å². The van der Waals surface area contributed by atoms with Crippen molar-refractivity contribution in [3.05, 3.63) is 29.8 Å². The maximum atomic E-state index is 5.70. The molecule has 108 valence electrons. The largest absolute Gasteiger partial charge is 0.496 e. The summed E-state index contributed by atoms with van der Waals surface area (Å²) >= 11 is 0. The molecule has 4 heteroatoms. The smallest absolute Gasteiger partial charge is 0.123 e. The van der Waals surface area contributed by atoms with Crippen LogP contribution in [0.25, 0.3) is 0 Å². The van der Waals surface area contributed by atoms with E-state index in [-0.39, 0.29) is 10.9 Å². The van der Waals surface area contributed by atoms with Gasteiger partial charge in [-0.25, -0.2) is 0 Å². The van der Waals surface area contributed by atoms with E-state index < -0.39 is 0 Å². The molecule has 2 unspecified atom stereocenters. The van der Waals surface area contributed by atoms with Crippen LogP contribution in [-0.4, -0.2) is 25.1 Å².